The van der Waals surface area contributed by atoms with Crippen LogP contribution in [0.3, 0.4) is 0 Å². The normalized spacial score (nSPS) is 15.0. The summed E-state index contributed by atoms with van der Waals surface area (Å²) in [6.07, 6.45) is 1.85. The van der Waals surface area contributed by atoms with E-state index in [4.69, 9.17) is 21.1 Å². The molecule has 1 aliphatic rings. The third-order valence-corrected chi connectivity index (χ3v) is 5.36. The number of hydrogen-bond acceptors (Lipinski definition) is 4. The average Bonchev–Trinajstić information content (AvgIpc) is 2.75. The Labute approximate surface area is 183 Å². The van der Waals surface area contributed by atoms with Gasteiger partial charge in [-0.3, -0.25) is 4.90 Å². The smallest absolute Gasteiger partial charge is 0.319 e. The number of anilines is 1. The molecule has 6 nitrogen and oxygen atoms in total. The van der Waals surface area contributed by atoms with Gasteiger partial charge in [-0.1, -0.05) is 48.0 Å². The van der Waals surface area contributed by atoms with E-state index in [0.717, 1.165) is 32.5 Å². The lowest BCUT2D eigenvalue weighted by molar-refractivity contribution is 0.110. The van der Waals surface area contributed by atoms with Gasteiger partial charge in [0, 0.05) is 32.3 Å². The summed E-state index contributed by atoms with van der Waals surface area (Å²) in [5.41, 5.74) is 1.87. The minimum absolute atomic E-state index is 0.151. The summed E-state index contributed by atoms with van der Waals surface area (Å²) in [6.45, 7) is 6.27. The van der Waals surface area contributed by atoms with Crippen LogP contribution in [0, 0.1) is 0 Å². The highest BCUT2D eigenvalue weighted by Gasteiger charge is 2.21. The Morgan fingerprint density at radius 2 is 1.87 bits per heavy atom. The molecule has 2 aromatic carbocycles. The number of para-hydroxylation sites is 1. The van der Waals surface area contributed by atoms with Crippen LogP contribution in [0.2, 0.25) is 5.02 Å². The molecule has 3 rings (SSSR count). The second-order valence-corrected chi connectivity index (χ2v) is 7.70. The molecular weight excluding hydrogens is 402 g/mol. The van der Waals surface area contributed by atoms with E-state index in [-0.39, 0.29) is 12.1 Å². The second kappa shape index (κ2) is 11.8. The number of nitrogens with zero attached hydrogens (tertiary/aromatic N) is 1. The first kappa shape index (κ1) is 22.4. The summed E-state index contributed by atoms with van der Waals surface area (Å²) in [6, 6.07) is 15.7. The number of hydrogen-bond donors (Lipinski definition) is 2. The quantitative estimate of drug-likeness (QED) is 0.572. The number of nitrogens with one attached hydrogen (secondary N) is 2. The van der Waals surface area contributed by atoms with Gasteiger partial charge in [0.05, 0.1) is 17.3 Å². The number of benzene rings is 2. The first-order valence-corrected chi connectivity index (χ1v) is 10.9. The van der Waals surface area contributed by atoms with Crippen LogP contribution in [-0.2, 0) is 11.3 Å². The molecule has 0 aliphatic carbocycles. The monoisotopic (exact) mass is 431 g/mol. The molecule has 0 atom stereocenters. The highest BCUT2D eigenvalue weighted by atomic mass is 35.5. The van der Waals surface area contributed by atoms with Gasteiger partial charge in [0.25, 0.3) is 0 Å². The van der Waals surface area contributed by atoms with Crippen molar-refractivity contribution in [3.05, 3.63) is 59.1 Å². The van der Waals surface area contributed by atoms with E-state index in [0.29, 0.717) is 36.3 Å². The standard InChI is InChI=1S/C23H30ClN3O3/c1-2-29-15-16-30-22-20(24)9-6-10-21(22)26-23(28)25-19-11-13-27(14-12-19)17-18-7-4-3-5-8-18/h3-10,19H,2,11-17H2,1H3,(H2,25,26,28). The number of ether oxygens (including phenoxy) is 2. The van der Waals surface area contributed by atoms with Crippen molar-refractivity contribution < 1.29 is 14.3 Å². The van der Waals surface area contributed by atoms with Crippen LogP contribution < -0.4 is 15.4 Å². The maximum Gasteiger partial charge on any atom is 0.319 e. The molecule has 0 unspecified atom stereocenters. The Bertz CT molecular complexity index is 796. The van der Waals surface area contributed by atoms with E-state index >= 15 is 0 Å². The lowest BCUT2D eigenvalue weighted by atomic mass is 10.0. The SMILES string of the molecule is CCOCCOc1c(Cl)cccc1NC(=O)NC1CCN(Cc2ccccc2)CC1. The molecule has 30 heavy (non-hydrogen) atoms. The predicted octanol–water partition coefficient (Wildman–Crippen LogP) is 4.54. The van der Waals surface area contributed by atoms with Gasteiger partial charge in [-0.05, 0) is 37.5 Å². The lowest BCUT2D eigenvalue weighted by Crippen LogP contribution is -2.45. The largest absolute Gasteiger partial charge is 0.487 e. The summed E-state index contributed by atoms with van der Waals surface area (Å²) in [5, 5.41) is 6.41. The van der Waals surface area contributed by atoms with Crippen LogP contribution in [0.4, 0.5) is 10.5 Å². The van der Waals surface area contributed by atoms with Crippen molar-refractivity contribution in [2.45, 2.75) is 32.4 Å². The van der Waals surface area contributed by atoms with Crippen molar-refractivity contribution in [3.8, 4) is 5.75 Å². The minimum Gasteiger partial charge on any atom is -0.487 e. The maximum absolute atomic E-state index is 12.5. The fourth-order valence-electron chi connectivity index (χ4n) is 3.52. The molecule has 1 fully saturated rings. The number of likely N-dealkylation sites (tertiary alicyclic amines) is 1. The summed E-state index contributed by atoms with van der Waals surface area (Å²) in [4.78, 5) is 15.0. The number of carbonyl (C=O) groups excluding carboxylic acids is 1. The van der Waals surface area contributed by atoms with Crippen LogP contribution in [0.1, 0.15) is 25.3 Å². The van der Waals surface area contributed by atoms with Crippen LogP contribution in [0.25, 0.3) is 0 Å². The summed E-state index contributed by atoms with van der Waals surface area (Å²) < 4.78 is 11.0. The van der Waals surface area contributed by atoms with Gasteiger partial charge in [0.1, 0.15) is 6.61 Å². The molecule has 0 spiro atoms. The van der Waals surface area contributed by atoms with Gasteiger partial charge in [-0.15, -0.1) is 0 Å². The van der Waals surface area contributed by atoms with E-state index in [9.17, 15) is 4.79 Å². The number of piperidine rings is 1. The molecule has 0 saturated carbocycles. The summed E-state index contributed by atoms with van der Waals surface area (Å²) in [7, 11) is 0. The Hall–Kier alpha value is -2.28. The van der Waals surface area contributed by atoms with Crippen molar-refractivity contribution in [2.75, 3.05) is 38.2 Å². The van der Waals surface area contributed by atoms with Crippen LogP contribution in [-0.4, -0.2) is 49.9 Å². The molecule has 0 bridgehead atoms. The zero-order valence-corrected chi connectivity index (χ0v) is 18.2. The van der Waals surface area contributed by atoms with E-state index in [2.05, 4.69) is 39.8 Å². The first-order valence-electron chi connectivity index (χ1n) is 10.5. The Kier molecular flexibility index (Phi) is 8.81. The van der Waals surface area contributed by atoms with Crippen LogP contribution >= 0.6 is 11.6 Å². The Morgan fingerprint density at radius 3 is 2.60 bits per heavy atom. The summed E-state index contributed by atoms with van der Waals surface area (Å²) >= 11 is 6.26. The third kappa shape index (κ3) is 6.90. The zero-order valence-electron chi connectivity index (χ0n) is 17.4. The van der Waals surface area contributed by atoms with Gasteiger partial charge in [-0.2, -0.15) is 0 Å². The number of urea groups is 1. The maximum atomic E-state index is 12.5. The van der Waals surface area contributed by atoms with Crippen molar-refractivity contribution in [2.24, 2.45) is 0 Å². The Balaban J connectivity index is 1.46. The topological polar surface area (TPSA) is 62.8 Å². The molecule has 0 aromatic heterocycles. The number of carbonyl (C=O) groups is 1. The first-order chi connectivity index (χ1) is 14.7. The van der Waals surface area contributed by atoms with Crippen molar-refractivity contribution in [1.82, 2.24) is 10.2 Å². The number of amides is 2. The molecule has 1 saturated heterocycles. The van der Waals surface area contributed by atoms with E-state index in [1.165, 1.54) is 5.56 Å². The molecule has 1 aliphatic heterocycles. The predicted molar refractivity (Wildman–Crippen MR) is 120 cm³/mol. The molecule has 162 valence electrons. The lowest BCUT2D eigenvalue weighted by Gasteiger charge is -2.32. The van der Waals surface area contributed by atoms with E-state index < -0.39 is 0 Å². The average molecular weight is 432 g/mol. The van der Waals surface area contributed by atoms with Crippen molar-refractivity contribution >= 4 is 23.3 Å². The fraction of sp³-hybridized carbons (Fsp3) is 0.435. The molecule has 0 radical (unpaired) electrons. The van der Waals surface area contributed by atoms with Gasteiger partial charge in [0.2, 0.25) is 0 Å². The van der Waals surface area contributed by atoms with Gasteiger partial charge >= 0.3 is 6.03 Å². The van der Waals surface area contributed by atoms with Gasteiger partial charge < -0.3 is 20.1 Å². The van der Waals surface area contributed by atoms with Crippen molar-refractivity contribution in [1.29, 1.82) is 0 Å². The van der Waals surface area contributed by atoms with Gasteiger partial charge in [-0.25, -0.2) is 4.79 Å². The minimum atomic E-state index is -0.242. The van der Waals surface area contributed by atoms with Crippen LogP contribution in [0.5, 0.6) is 5.75 Å². The molecular formula is C23H30ClN3O3. The third-order valence-electron chi connectivity index (χ3n) is 5.07. The van der Waals surface area contributed by atoms with E-state index in [1.54, 1.807) is 18.2 Å². The van der Waals surface area contributed by atoms with Crippen molar-refractivity contribution in [3.63, 3.8) is 0 Å². The summed E-state index contributed by atoms with van der Waals surface area (Å²) in [5.74, 6) is 0.465. The van der Waals surface area contributed by atoms with E-state index in [1.807, 2.05) is 13.0 Å². The highest BCUT2D eigenvalue weighted by Crippen LogP contribution is 2.32. The Morgan fingerprint density at radius 1 is 1.10 bits per heavy atom. The van der Waals surface area contributed by atoms with Gasteiger partial charge in [0.15, 0.2) is 5.75 Å². The molecule has 2 amide bonds. The van der Waals surface area contributed by atoms with Crippen LogP contribution in [0.15, 0.2) is 48.5 Å². The second-order valence-electron chi connectivity index (χ2n) is 7.30. The number of rotatable bonds is 9. The highest BCUT2D eigenvalue weighted by molar-refractivity contribution is 6.32. The fourth-order valence-corrected chi connectivity index (χ4v) is 3.75. The molecule has 2 N–H and O–H groups in total. The molecule has 1 heterocycles. The molecule has 2 aromatic rings. The molecule has 7 heteroatoms. The number of halogens is 1. The zero-order chi connectivity index (χ0) is 21.2.